The number of halogens is 4. The molecule has 174 valence electrons. The molecule has 7 heteroatoms. The molecule has 3 nitrogen and oxygen atoms in total. The molecule has 3 rings (SSSR count). The summed E-state index contributed by atoms with van der Waals surface area (Å²) in [6.07, 6.45) is -3.67. The second-order valence-corrected chi connectivity index (χ2v) is 8.60. The van der Waals surface area contributed by atoms with Gasteiger partial charge in [0.15, 0.2) is 0 Å². The van der Waals surface area contributed by atoms with Gasteiger partial charge in [-0.15, -0.1) is 0 Å². The lowest BCUT2D eigenvalue weighted by atomic mass is 9.85. The van der Waals surface area contributed by atoms with E-state index in [9.17, 15) is 23.7 Å². The maximum atomic E-state index is 13.0. The largest absolute Gasteiger partial charge is 0.416 e. The summed E-state index contributed by atoms with van der Waals surface area (Å²) in [6, 6.07) is 23.5. The minimum atomic E-state index is -4.42. The predicted molar refractivity (Wildman–Crippen MR) is 126 cm³/mol. The Morgan fingerprint density at radius 2 is 1.62 bits per heavy atom. The maximum Gasteiger partial charge on any atom is 0.416 e. The summed E-state index contributed by atoms with van der Waals surface area (Å²) in [6.45, 7) is 1.98. The Balaban J connectivity index is 1.90. The van der Waals surface area contributed by atoms with Crippen LogP contribution in [0.1, 0.15) is 53.1 Å². The van der Waals surface area contributed by atoms with Gasteiger partial charge in [0, 0.05) is 23.0 Å². The summed E-state index contributed by atoms with van der Waals surface area (Å²) < 4.78 is 38.9. The first-order valence-electron chi connectivity index (χ1n) is 10.8. The van der Waals surface area contributed by atoms with Crippen molar-refractivity contribution in [3.8, 4) is 12.1 Å². The van der Waals surface area contributed by atoms with Gasteiger partial charge in [-0.05, 0) is 66.4 Å². The quantitative estimate of drug-likeness (QED) is 0.370. The highest BCUT2D eigenvalue weighted by Gasteiger charge is 2.30. The van der Waals surface area contributed by atoms with Crippen molar-refractivity contribution in [2.24, 2.45) is 0 Å². The van der Waals surface area contributed by atoms with Crippen molar-refractivity contribution in [3.05, 3.63) is 106 Å². The van der Waals surface area contributed by atoms with E-state index in [-0.39, 0.29) is 18.4 Å². The lowest BCUT2D eigenvalue weighted by Gasteiger charge is -2.30. The summed E-state index contributed by atoms with van der Waals surface area (Å²) in [4.78, 5) is 0. The van der Waals surface area contributed by atoms with Crippen molar-refractivity contribution in [3.63, 3.8) is 0 Å². The lowest BCUT2D eigenvalue weighted by Crippen LogP contribution is -2.36. The van der Waals surface area contributed by atoms with E-state index >= 15 is 0 Å². The second-order valence-electron chi connectivity index (χ2n) is 8.16. The van der Waals surface area contributed by atoms with Crippen LogP contribution in [0.25, 0.3) is 0 Å². The first-order chi connectivity index (χ1) is 16.2. The van der Waals surface area contributed by atoms with Crippen molar-refractivity contribution < 1.29 is 13.2 Å². The molecular weight excluding hydrogens is 459 g/mol. The summed E-state index contributed by atoms with van der Waals surface area (Å²) in [7, 11) is 0. The van der Waals surface area contributed by atoms with Gasteiger partial charge in [-0.1, -0.05) is 48.0 Å². The standard InChI is InChI=1S/C27H23ClF3N3/c1-18(34-26(13-14-32)21-7-9-23(10-8-21)27(29,30)31)25(16-19-5-11-24(28)12-6-19)22-4-2-3-20(15-22)17-33/h2-12,15,18,25-26,34H,13,16H2,1H3/t18?,25?,26-/m0/s1. The minimum absolute atomic E-state index is 0.0647. The number of nitrogens with one attached hydrogen (secondary N) is 1. The molecule has 0 radical (unpaired) electrons. The minimum Gasteiger partial charge on any atom is -0.306 e. The van der Waals surface area contributed by atoms with E-state index in [4.69, 9.17) is 11.6 Å². The highest BCUT2D eigenvalue weighted by Crippen LogP contribution is 2.32. The van der Waals surface area contributed by atoms with Crippen molar-refractivity contribution in [2.45, 2.75) is 43.9 Å². The van der Waals surface area contributed by atoms with Crippen molar-refractivity contribution in [2.75, 3.05) is 0 Å². The molecule has 0 aliphatic heterocycles. The Labute approximate surface area is 202 Å². The second kappa shape index (κ2) is 11.2. The lowest BCUT2D eigenvalue weighted by molar-refractivity contribution is -0.137. The van der Waals surface area contributed by atoms with Crippen LogP contribution in [0.5, 0.6) is 0 Å². The zero-order valence-electron chi connectivity index (χ0n) is 18.5. The van der Waals surface area contributed by atoms with Crippen LogP contribution in [0.3, 0.4) is 0 Å². The van der Waals surface area contributed by atoms with Gasteiger partial charge in [-0.25, -0.2) is 0 Å². The average molecular weight is 482 g/mol. The van der Waals surface area contributed by atoms with E-state index in [0.717, 1.165) is 23.3 Å². The molecule has 0 amide bonds. The molecule has 0 saturated carbocycles. The van der Waals surface area contributed by atoms with E-state index in [1.165, 1.54) is 12.1 Å². The number of alkyl halides is 3. The van der Waals surface area contributed by atoms with E-state index in [2.05, 4.69) is 17.5 Å². The highest BCUT2D eigenvalue weighted by atomic mass is 35.5. The molecule has 3 aromatic carbocycles. The smallest absolute Gasteiger partial charge is 0.306 e. The summed E-state index contributed by atoms with van der Waals surface area (Å²) in [5.74, 6) is -0.0647. The molecule has 0 aliphatic carbocycles. The fraction of sp³-hybridized carbons (Fsp3) is 0.259. The molecule has 0 bridgehead atoms. The molecule has 3 atom stereocenters. The van der Waals surface area contributed by atoms with Crippen LogP contribution < -0.4 is 5.32 Å². The van der Waals surface area contributed by atoms with Gasteiger partial charge in [0.1, 0.15) is 0 Å². The van der Waals surface area contributed by atoms with Crippen LogP contribution in [0, 0.1) is 22.7 Å². The molecule has 0 aromatic heterocycles. The van der Waals surface area contributed by atoms with Gasteiger partial charge in [0.05, 0.1) is 29.7 Å². The molecule has 0 saturated heterocycles. The summed E-state index contributed by atoms with van der Waals surface area (Å²) >= 11 is 6.03. The van der Waals surface area contributed by atoms with Crippen molar-refractivity contribution in [1.29, 1.82) is 10.5 Å². The van der Waals surface area contributed by atoms with E-state index in [0.29, 0.717) is 22.6 Å². The topological polar surface area (TPSA) is 59.6 Å². The number of nitrogens with zero attached hydrogens (tertiary/aromatic N) is 2. The van der Waals surface area contributed by atoms with Gasteiger partial charge in [-0.3, -0.25) is 0 Å². The molecule has 0 spiro atoms. The molecule has 3 aromatic rings. The summed E-state index contributed by atoms with van der Waals surface area (Å²) in [5, 5.41) is 22.8. The molecule has 34 heavy (non-hydrogen) atoms. The Bertz CT molecular complexity index is 1180. The highest BCUT2D eigenvalue weighted by molar-refractivity contribution is 6.30. The fourth-order valence-electron chi connectivity index (χ4n) is 4.00. The molecule has 2 unspecified atom stereocenters. The number of hydrogen-bond donors (Lipinski definition) is 1. The first kappa shape index (κ1) is 25.3. The molecule has 0 heterocycles. The SMILES string of the molecule is CC(N[C@@H](CC#N)c1ccc(C(F)(F)F)cc1)C(Cc1ccc(Cl)cc1)c1cccc(C#N)c1. The molecule has 0 fully saturated rings. The van der Waals surface area contributed by atoms with Crippen molar-refractivity contribution >= 4 is 11.6 Å². The Kier molecular flexibility index (Phi) is 8.34. The predicted octanol–water partition coefficient (Wildman–Crippen LogP) is 7.19. The Morgan fingerprint density at radius 3 is 2.21 bits per heavy atom. The third-order valence-electron chi connectivity index (χ3n) is 5.82. The van der Waals surface area contributed by atoms with Crippen LogP contribution in [0.4, 0.5) is 13.2 Å². The third kappa shape index (κ3) is 6.60. The first-order valence-corrected chi connectivity index (χ1v) is 11.1. The van der Waals surface area contributed by atoms with E-state index in [1.807, 2.05) is 49.4 Å². The molecule has 0 aliphatic rings. The number of hydrogen-bond acceptors (Lipinski definition) is 3. The number of benzene rings is 3. The molecule has 1 N–H and O–H groups in total. The third-order valence-corrected chi connectivity index (χ3v) is 6.07. The number of rotatable bonds is 8. The van der Waals surface area contributed by atoms with E-state index in [1.54, 1.807) is 6.07 Å². The van der Waals surface area contributed by atoms with Crippen LogP contribution >= 0.6 is 11.6 Å². The van der Waals surface area contributed by atoms with Crippen LogP contribution in [-0.4, -0.2) is 6.04 Å². The Morgan fingerprint density at radius 1 is 0.941 bits per heavy atom. The van der Waals surface area contributed by atoms with Gasteiger partial charge >= 0.3 is 6.18 Å². The number of nitriles is 2. The maximum absolute atomic E-state index is 13.0. The van der Waals surface area contributed by atoms with Crippen LogP contribution in [0.2, 0.25) is 5.02 Å². The normalized spacial score (nSPS) is 14.0. The van der Waals surface area contributed by atoms with Gasteiger partial charge in [-0.2, -0.15) is 23.7 Å². The van der Waals surface area contributed by atoms with Gasteiger partial charge in [0.2, 0.25) is 0 Å². The molecular formula is C27H23ClF3N3. The van der Waals surface area contributed by atoms with Crippen LogP contribution in [-0.2, 0) is 12.6 Å². The zero-order valence-corrected chi connectivity index (χ0v) is 19.2. The van der Waals surface area contributed by atoms with Gasteiger partial charge < -0.3 is 5.32 Å². The average Bonchev–Trinajstić information content (AvgIpc) is 2.83. The van der Waals surface area contributed by atoms with Gasteiger partial charge in [0.25, 0.3) is 0 Å². The summed E-state index contributed by atoms with van der Waals surface area (Å²) in [5.41, 5.74) is 2.43. The van der Waals surface area contributed by atoms with E-state index < -0.39 is 17.8 Å². The van der Waals surface area contributed by atoms with Crippen LogP contribution in [0.15, 0.2) is 72.8 Å². The van der Waals surface area contributed by atoms with Crippen molar-refractivity contribution in [1.82, 2.24) is 5.32 Å². The monoisotopic (exact) mass is 481 g/mol. The zero-order chi connectivity index (χ0) is 24.7. The fourth-order valence-corrected chi connectivity index (χ4v) is 4.12. The Hall–Kier alpha value is -3.32.